The van der Waals surface area contributed by atoms with Gasteiger partial charge < -0.3 is 16.4 Å². The molecule has 2 aliphatic rings. The zero-order valence-electron chi connectivity index (χ0n) is 16.2. The van der Waals surface area contributed by atoms with E-state index in [1.165, 1.54) is 6.42 Å². The van der Waals surface area contributed by atoms with Crippen molar-refractivity contribution in [2.24, 2.45) is 24.1 Å². The van der Waals surface area contributed by atoms with Crippen LogP contribution in [0.5, 0.6) is 0 Å². The first kappa shape index (κ1) is 18.0. The molecule has 1 aromatic carbocycles. The maximum absolute atomic E-state index is 13.0. The molecule has 2 fully saturated rings. The van der Waals surface area contributed by atoms with Crippen LogP contribution >= 0.6 is 0 Å². The fourth-order valence-electron chi connectivity index (χ4n) is 5.10. The van der Waals surface area contributed by atoms with E-state index < -0.39 is 0 Å². The van der Waals surface area contributed by atoms with Crippen molar-refractivity contribution in [2.45, 2.75) is 38.6 Å². The Kier molecular flexibility index (Phi) is 4.46. The van der Waals surface area contributed by atoms with Crippen molar-refractivity contribution >= 4 is 11.8 Å². The highest BCUT2D eigenvalue weighted by Crippen LogP contribution is 2.48. The molecule has 6 heteroatoms. The fourth-order valence-corrected chi connectivity index (χ4v) is 5.10. The lowest BCUT2D eigenvalue weighted by Crippen LogP contribution is -2.48. The summed E-state index contributed by atoms with van der Waals surface area (Å²) in [6.45, 7) is 4.03. The summed E-state index contributed by atoms with van der Waals surface area (Å²) in [4.78, 5) is 19.8. The molecule has 27 heavy (non-hydrogen) atoms. The van der Waals surface area contributed by atoms with Gasteiger partial charge in [-0.1, -0.05) is 37.3 Å². The molecule has 144 valence electrons. The van der Waals surface area contributed by atoms with Crippen molar-refractivity contribution in [3.8, 4) is 11.1 Å². The summed E-state index contributed by atoms with van der Waals surface area (Å²) >= 11 is 0. The third kappa shape index (κ3) is 3.02. The van der Waals surface area contributed by atoms with Gasteiger partial charge in [0.1, 0.15) is 5.82 Å². The van der Waals surface area contributed by atoms with E-state index in [1.807, 2.05) is 30.3 Å². The highest BCUT2D eigenvalue weighted by Gasteiger charge is 2.46. The molecule has 1 saturated carbocycles. The molecular formula is C21H29N5O. The minimum absolute atomic E-state index is 0.102. The minimum atomic E-state index is -0.102. The second kappa shape index (κ2) is 6.68. The molecular weight excluding hydrogens is 338 g/mol. The molecule has 1 saturated heterocycles. The largest absolute Gasteiger partial charge is 0.383 e. The van der Waals surface area contributed by atoms with E-state index in [2.05, 4.69) is 16.8 Å². The number of nitrogens with two attached hydrogens (primary N) is 2. The molecule has 0 unspecified atom stereocenters. The van der Waals surface area contributed by atoms with Crippen LogP contribution in [0.4, 0.5) is 11.8 Å². The average molecular weight is 367 g/mol. The Morgan fingerprint density at radius 3 is 2.44 bits per heavy atom. The summed E-state index contributed by atoms with van der Waals surface area (Å²) < 4.78 is 1.63. The predicted molar refractivity (Wildman–Crippen MR) is 110 cm³/mol. The number of nitrogen functional groups attached to an aromatic ring is 1. The van der Waals surface area contributed by atoms with Crippen LogP contribution in [0.3, 0.4) is 0 Å². The van der Waals surface area contributed by atoms with Crippen LogP contribution in [-0.2, 0) is 7.05 Å². The number of anilines is 2. The highest BCUT2D eigenvalue weighted by molar-refractivity contribution is 5.73. The maximum atomic E-state index is 13.0. The van der Waals surface area contributed by atoms with E-state index in [-0.39, 0.29) is 17.0 Å². The number of aromatic nitrogens is 2. The molecule has 2 aromatic rings. The third-order valence-electron chi connectivity index (χ3n) is 6.60. The van der Waals surface area contributed by atoms with E-state index in [0.29, 0.717) is 23.2 Å². The Morgan fingerprint density at radius 1 is 1.19 bits per heavy atom. The monoisotopic (exact) mass is 367 g/mol. The van der Waals surface area contributed by atoms with Gasteiger partial charge in [-0.25, -0.2) is 0 Å². The number of hydrogen-bond donors (Lipinski definition) is 2. The van der Waals surface area contributed by atoms with Crippen molar-refractivity contribution in [3.63, 3.8) is 0 Å². The number of rotatable bonds is 2. The maximum Gasteiger partial charge on any atom is 0.264 e. The Balaban J connectivity index is 1.62. The molecule has 1 aliphatic heterocycles. The second-order valence-corrected chi connectivity index (χ2v) is 8.40. The van der Waals surface area contributed by atoms with Crippen molar-refractivity contribution in [1.29, 1.82) is 0 Å². The highest BCUT2D eigenvalue weighted by atomic mass is 16.1. The van der Waals surface area contributed by atoms with Crippen LogP contribution in [-0.4, -0.2) is 28.7 Å². The van der Waals surface area contributed by atoms with E-state index in [9.17, 15) is 4.79 Å². The quantitative estimate of drug-likeness (QED) is 0.850. The van der Waals surface area contributed by atoms with Gasteiger partial charge in [-0.15, -0.1) is 0 Å². The molecule has 0 amide bonds. The lowest BCUT2D eigenvalue weighted by atomic mass is 9.74. The molecule has 4 N–H and O–H groups in total. The fraction of sp³-hybridized carbons (Fsp3) is 0.524. The third-order valence-corrected chi connectivity index (χ3v) is 6.60. The number of nitrogens with zero attached hydrogens (tertiary/aromatic N) is 3. The first-order valence-corrected chi connectivity index (χ1v) is 9.84. The summed E-state index contributed by atoms with van der Waals surface area (Å²) in [6.07, 6.45) is 4.43. The van der Waals surface area contributed by atoms with E-state index in [0.717, 1.165) is 37.9 Å². The van der Waals surface area contributed by atoms with E-state index >= 15 is 0 Å². The van der Waals surface area contributed by atoms with Crippen molar-refractivity contribution in [3.05, 3.63) is 40.7 Å². The van der Waals surface area contributed by atoms with Crippen LogP contribution in [0.25, 0.3) is 11.1 Å². The lowest BCUT2D eigenvalue weighted by molar-refractivity contribution is 0.192. The standard InChI is InChI=1S/C21H29N5O/c1-14-12-16(22)21(13-14)8-10-26(11-9-21)20-24-18(23)17(19(27)25(20)2)15-6-4-3-5-7-15/h3-7,14,16H,8-13,22-23H2,1-2H3/t14-,16+/m0/s1. The smallest absolute Gasteiger partial charge is 0.264 e. The van der Waals surface area contributed by atoms with Gasteiger partial charge in [0.25, 0.3) is 5.56 Å². The van der Waals surface area contributed by atoms with Crippen LogP contribution < -0.4 is 21.9 Å². The summed E-state index contributed by atoms with van der Waals surface area (Å²) in [5, 5.41) is 0. The van der Waals surface area contributed by atoms with Gasteiger partial charge in [0.05, 0.1) is 5.56 Å². The molecule has 0 bridgehead atoms. The lowest BCUT2D eigenvalue weighted by Gasteiger charge is -2.42. The van der Waals surface area contributed by atoms with Crippen LogP contribution in [0.15, 0.2) is 35.1 Å². The molecule has 2 atom stereocenters. The van der Waals surface area contributed by atoms with Crippen LogP contribution in [0, 0.1) is 11.3 Å². The van der Waals surface area contributed by atoms with Gasteiger partial charge in [0.2, 0.25) is 5.95 Å². The Labute approximate surface area is 160 Å². The average Bonchev–Trinajstić information content (AvgIpc) is 2.93. The molecule has 2 heterocycles. The molecule has 4 rings (SSSR count). The van der Waals surface area contributed by atoms with Crippen LogP contribution in [0.2, 0.25) is 0 Å². The topological polar surface area (TPSA) is 90.2 Å². The Hall–Kier alpha value is -2.34. The minimum Gasteiger partial charge on any atom is -0.383 e. The first-order chi connectivity index (χ1) is 12.9. The van der Waals surface area contributed by atoms with E-state index in [1.54, 1.807) is 11.6 Å². The molecule has 1 spiro atoms. The normalized spacial score (nSPS) is 24.5. The summed E-state index contributed by atoms with van der Waals surface area (Å²) in [7, 11) is 1.78. The van der Waals surface area contributed by atoms with Gasteiger partial charge in [0, 0.05) is 26.2 Å². The number of benzene rings is 1. The van der Waals surface area contributed by atoms with Gasteiger partial charge >= 0.3 is 0 Å². The Bertz CT molecular complexity index is 883. The molecule has 0 radical (unpaired) electrons. The number of piperidine rings is 1. The SMILES string of the molecule is C[C@H]1C[C@@H](N)C2(CCN(c3nc(N)c(-c4ccccc4)c(=O)n3C)CC2)C1. The van der Waals surface area contributed by atoms with Crippen molar-refractivity contribution < 1.29 is 0 Å². The van der Waals surface area contributed by atoms with Gasteiger partial charge in [-0.3, -0.25) is 9.36 Å². The predicted octanol–water partition coefficient (Wildman–Crippen LogP) is 2.37. The van der Waals surface area contributed by atoms with Crippen molar-refractivity contribution in [1.82, 2.24) is 9.55 Å². The Morgan fingerprint density at radius 2 is 1.85 bits per heavy atom. The summed E-state index contributed by atoms with van der Waals surface area (Å²) in [5.74, 6) is 1.66. The zero-order valence-corrected chi connectivity index (χ0v) is 16.2. The number of hydrogen-bond acceptors (Lipinski definition) is 5. The molecule has 6 nitrogen and oxygen atoms in total. The molecule has 1 aliphatic carbocycles. The summed E-state index contributed by atoms with van der Waals surface area (Å²) in [6, 6.07) is 9.79. The van der Waals surface area contributed by atoms with Gasteiger partial charge in [0.15, 0.2) is 0 Å². The van der Waals surface area contributed by atoms with Crippen LogP contribution in [0.1, 0.15) is 32.6 Å². The summed E-state index contributed by atoms with van der Waals surface area (Å²) in [5.41, 5.74) is 14.1. The first-order valence-electron chi connectivity index (χ1n) is 9.84. The van der Waals surface area contributed by atoms with E-state index in [4.69, 9.17) is 11.5 Å². The zero-order chi connectivity index (χ0) is 19.2. The van der Waals surface area contributed by atoms with Crippen molar-refractivity contribution in [2.75, 3.05) is 23.7 Å². The van der Waals surface area contributed by atoms with Gasteiger partial charge in [-0.2, -0.15) is 4.98 Å². The van der Waals surface area contributed by atoms with Gasteiger partial charge in [-0.05, 0) is 42.6 Å². The second-order valence-electron chi connectivity index (χ2n) is 8.40. The molecule has 1 aromatic heterocycles.